The minimum Gasteiger partial charge on any atom is -0.341 e. The summed E-state index contributed by atoms with van der Waals surface area (Å²) >= 11 is 3.52. The molecule has 0 bridgehead atoms. The second-order valence-corrected chi connectivity index (χ2v) is 9.05. The highest BCUT2D eigenvalue weighted by atomic mass is 79.9. The Bertz CT molecular complexity index is 620. The number of aryl methyl sites for hydroxylation is 1. The zero-order chi connectivity index (χ0) is 18.7. The smallest absolute Gasteiger partial charge is 0.239 e. The lowest BCUT2D eigenvalue weighted by molar-refractivity contribution is -0.134. The minimum absolute atomic E-state index is 0.118. The molecule has 2 heterocycles. The first-order chi connectivity index (χ1) is 12.4. The summed E-state index contributed by atoms with van der Waals surface area (Å²) in [6.07, 6.45) is 5.53. The van der Waals surface area contributed by atoms with E-state index in [4.69, 9.17) is 5.73 Å². The molecule has 0 aromatic heterocycles. The molecule has 3 rings (SSSR count). The van der Waals surface area contributed by atoms with Crippen LogP contribution in [-0.2, 0) is 11.2 Å². The molecule has 0 spiro atoms. The Kier molecular flexibility index (Phi) is 6.76. The van der Waals surface area contributed by atoms with Gasteiger partial charge in [0.25, 0.3) is 0 Å². The van der Waals surface area contributed by atoms with Crippen molar-refractivity contribution in [2.75, 3.05) is 33.2 Å². The fourth-order valence-corrected chi connectivity index (χ4v) is 4.75. The van der Waals surface area contributed by atoms with Crippen LogP contribution in [0.25, 0.3) is 0 Å². The Morgan fingerprint density at radius 3 is 2.31 bits per heavy atom. The lowest BCUT2D eigenvalue weighted by Crippen LogP contribution is -2.49. The molecule has 0 aliphatic carbocycles. The molecule has 1 atom stereocenters. The highest BCUT2D eigenvalue weighted by molar-refractivity contribution is 9.10. The largest absolute Gasteiger partial charge is 0.341 e. The van der Waals surface area contributed by atoms with Gasteiger partial charge >= 0.3 is 0 Å². The maximum absolute atomic E-state index is 12.8. The van der Waals surface area contributed by atoms with Gasteiger partial charge < -0.3 is 15.5 Å². The van der Waals surface area contributed by atoms with E-state index in [9.17, 15) is 4.79 Å². The Balaban J connectivity index is 1.48. The third kappa shape index (κ3) is 4.87. The van der Waals surface area contributed by atoms with Gasteiger partial charge in [-0.15, -0.1) is 0 Å². The van der Waals surface area contributed by atoms with Gasteiger partial charge in [0.15, 0.2) is 0 Å². The summed E-state index contributed by atoms with van der Waals surface area (Å²) in [5, 5.41) is 0. The second kappa shape index (κ2) is 8.85. The van der Waals surface area contributed by atoms with Crippen LogP contribution in [0.5, 0.6) is 0 Å². The number of hydrogen-bond acceptors (Lipinski definition) is 3. The molecular formula is C21H32BrN3O. The number of nitrogens with two attached hydrogens (primary N) is 1. The van der Waals surface area contributed by atoms with Gasteiger partial charge in [-0.05, 0) is 88.2 Å². The summed E-state index contributed by atoms with van der Waals surface area (Å²) in [6.45, 7) is 6.27. The van der Waals surface area contributed by atoms with Crippen molar-refractivity contribution in [2.45, 2.75) is 45.1 Å². The van der Waals surface area contributed by atoms with Gasteiger partial charge in [-0.2, -0.15) is 0 Å². The molecule has 2 aliphatic rings. The van der Waals surface area contributed by atoms with Crippen molar-refractivity contribution in [1.82, 2.24) is 9.80 Å². The van der Waals surface area contributed by atoms with Crippen LogP contribution in [0.2, 0.25) is 0 Å². The van der Waals surface area contributed by atoms with Crippen LogP contribution in [0.4, 0.5) is 0 Å². The number of carbonyl (C=O) groups excluding carboxylic acids is 1. The van der Waals surface area contributed by atoms with E-state index in [1.807, 2.05) is 11.0 Å². The van der Waals surface area contributed by atoms with E-state index in [-0.39, 0.29) is 5.91 Å². The zero-order valence-electron chi connectivity index (χ0n) is 16.1. The number of piperidine rings is 2. The third-order valence-electron chi connectivity index (χ3n) is 6.28. The molecule has 2 aliphatic heterocycles. The summed E-state index contributed by atoms with van der Waals surface area (Å²) in [5.41, 5.74) is 8.57. The number of nitrogens with zero attached hydrogens (tertiary/aromatic N) is 2. The summed E-state index contributed by atoms with van der Waals surface area (Å²) < 4.78 is 1.09. The monoisotopic (exact) mass is 421 g/mol. The minimum atomic E-state index is -0.435. The molecule has 1 unspecified atom stereocenters. The van der Waals surface area contributed by atoms with Crippen LogP contribution in [0.15, 0.2) is 22.7 Å². The Morgan fingerprint density at radius 2 is 1.73 bits per heavy atom. The second-order valence-electron chi connectivity index (χ2n) is 8.20. The molecule has 4 nitrogen and oxygen atoms in total. The molecule has 144 valence electrons. The van der Waals surface area contributed by atoms with Gasteiger partial charge in [0.1, 0.15) is 0 Å². The molecule has 5 heteroatoms. The van der Waals surface area contributed by atoms with Crippen LogP contribution >= 0.6 is 15.9 Å². The Morgan fingerprint density at radius 1 is 1.15 bits per heavy atom. The van der Waals surface area contributed by atoms with Gasteiger partial charge in [-0.25, -0.2) is 0 Å². The maximum atomic E-state index is 12.8. The van der Waals surface area contributed by atoms with E-state index in [0.717, 1.165) is 47.8 Å². The Labute approximate surface area is 166 Å². The van der Waals surface area contributed by atoms with Crippen molar-refractivity contribution in [2.24, 2.45) is 17.6 Å². The first kappa shape index (κ1) is 19.8. The Hall–Kier alpha value is -0.910. The fourth-order valence-electron chi connectivity index (χ4n) is 4.50. The van der Waals surface area contributed by atoms with Gasteiger partial charge in [0.05, 0.1) is 6.04 Å². The third-order valence-corrected chi connectivity index (χ3v) is 7.17. The SMILES string of the molecule is Cc1cc(CC(N)C(=O)N2CCC(C3CCN(C)CC3)CC2)ccc1Br. The number of hydrogen-bond donors (Lipinski definition) is 1. The van der Waals surface area contributed by atoms with Crippen molar-refractivity contribution in [1.29, 1.82) is 0 Å². The molecule has 2 N–H and O–H groups in total. The molecule has 26 heavy (non-hydrogen) atoms. The quantitative estimate of drug-likeness (QED) is 0.811. The number of rotatable bonds is 4. The molecule has 1 aromatic carbocycles. The van der Waals surface area contributed by atoms with Crippen molar-refractivity contribution < 1.29 is 4.79 Å². The van der Waals surface area contributed by atoms with E-state index in [2.05, 4.69) is 46.9 Å². The van der Waals surface area contributed by atoms with E-state index >= 15 is 0 Å². The summed E-state index contributed by atoms with van der Waals surface area (Å²) in [6, 6.07) is 5.77. The molecule has 1 aromatic rings. The van der Waals surface area contributed by atoms with Crippen molar-refractivity contribution >= 4 is 21.8 Å². The topological polar surface area (TPSA) is 49.6 Å². The van der Waals surface area contributed by atoms with Crippen LogP contribution in [0.3, 0.4) is 0 Å². The average molecular weight is 422 g/mol. The summed E-state index contributed by atoms with van der Waals surface area (Å²) in [7, 11) is 2.21. The number of carbonyl (C=O) groups is 1. The number of halogens is 1. The molecule has 0 saturated carbocycles. The lowest BCUT2D eigenvalue weighted by Gasteiger charge is -2.40. The highest BCUT2D eigenvalue weighted by Gasteiger charge is 2.31. The summed E-state index contributed by atoms with van der Waals surface area (Å²) in [4.78, 5) is 17.2. The number of benzene rings is 1. The van der Waals surface area contributed by atoms with Crippen LogP contribution in [0, 0.1) is 18.8 Å². The van der Waals surface area contributed by atoms with Gasteiger partial charge in [-0.3, -0.25) is 4.79 Å². The van der Waals surface area contributed by atoms with Crippen molar-refractivity contribution in [3.8, 4) is 0 Å². The molecule has 2 saturated heterocycles. The number of amides is 1. The normalized spacial score (nSPS) is 21.8. The van der Waals surface area contributed by atoms with Crippen molar-refractivity contribution in [3.05, 3.63) is 33.8 Å². The van der Waals surface area contributed by atoms with E-state index < -0.39 is 6.04 Å². The first-order valence-corrected chi connectivity index (χ1v) is 10.7. The van der Waals surface area contributed by atoms with E-state index in [0.29, 0.717) is 6.42 Å². The maximum Gasteiger partial charge on any atom is 0.239 e. The zero-order valence-corrected chi connectivity index (χ0v) is 17.7. The van der Waals surface area contributed by atoms with Gasteiger partial charge in [0.2, 0.25) is 5.91 Å². The predicted octanol–water partition coefficient (Wildman–Crippen LogP) is 3.21. The van der Waals surface area contributed by atoms with Crippen molar-refractivity contribution in [3.63, 3.8) is 0 Å². The first-order valence-electron chi connectivity index (χ1n) is 9.92. The average Bonchev–Trinajstić information content (AvgIpc) is 2.65. The van der Waals surface area contributed by atoms with Crippen LogP contribution in [0.1, 0.15) is 36.8 Å². The van der Waals surface area contributed by atoms with Gasteiger partial charge in [-0.1, -0.05) is 28.1 Å². The van der Waals surface area contributed by atoms with Gasteiger partial charge in [0, 0.05) is 17.6 Å². The fraction of sp³-hybridized carbons (Fsp3) is 0.667. The van der Waals surface area contributed by atoms with E-state index in [1.165, 1.54) is 31.5 Å². The molecule has 2 fully saturated rings. The van der Waals surface area contributed by atoms with Crippen LogP contribution < -0.4 is 5.73 Å². The standard InChI is InChI=1S/C21H32BrN3O/c1-15-13-16(3-4-19(15)22)14-20(23)21(26)25-11-7-18(8-12-25)17-5-9-24(2)10-6-17/h3-4,13,17-18,20H,5-12,14,23H2,1-2H3. The molecular weight excluding hydrogens is 390 g/mol. The van der Waals surface area contributed by atoms with E-state index in [1.54, 1.807) is 0 Å². The highest BCUT2D eigenvalue weighted by Crippen LogP contribution is 2.32. The lowest BCUT2D eigenvalue weighted by atomic mass is 9.79. The molecule has 0 radical (unpaired) electrons. The predicted molar refractivity (Wildman–Crippen MR) is 110 cm³/mol. The van der Waals surface area contributed by atoms with Crippen LogP contribution in [-0.4, -0.2) is 55.0 Å². The molecule has 1 amide bonds. The number of likely N-dealkylation sites (tertiary alicyclic amines) is 2. The summed E-state index contributed by atoms with van der Waals surface area (Å²) in [5.74, 6) is 1.76.